The van der Waals surface area contributed by atoms with Crippen LogP contribution in [-0.2, 0) is 17.6 Å². The topological polar surface area (TPSA) is 32.3 Å². The summed E-state index contributed by atoms with van der Waals surface area (Å²) in [6, 6.07) is 6.99. The maximum Gasteiger partial charge on any atom is 0.221 e. The lowest BCUT2D eigenvalue weighted by atomic mass is 9.86. The maximum absolute atomic E-state index is 11.4. The van der Waals surface area contributed by atoms with Crippen LogP contribution >= 0.6 is 0 Å². The number of benzene rings is 1. The predicted octanol–water partition coefficient (Wildman–Crippen LogP) is 4.01. The first-order valence-corrected chi connectivity index (χ1v) is 8.78. The molecular formula is C19H30N2O. The highest BCUT2D eigenvalue weighted by molar-refractivity contribution is 5.89. The van der Waals surface area contributed by atoms with Crippen molar-refractivity contribution < 1.29 is 4.79 Å². The Bertz CT molecular complexity index is 498. The summed E-state index contributed by atoms with van der Waals surface area (Å²) in [5, 5.41) is 2.98. The maximum atomic E-state index is 11.4. The molecule has 22 heavy (non-hydrogen) atoms. The minimum atomic E-state index is 0.0195. The molecule has 1 amide bonds. The van der Waals surface area contributed by atoms with Crippen molar-refractivity contribution in [2.45, 2.75) is 65.3 Å². The minimum absolute atomic E-state index is 0.0195. The highest BCUT2D eigenvalue weighted by atomic mass is 16.1. The molecule has 2 rings (SSSR count). The highest BCUT2D eigenvalue weighted by Gasteiger charge is 2.25. The fraction of sp³-hybridized carbons (Fsp3) is 0.632. The van der Waals surface area contributed by atoms with Crippen LogP contribution in [0.5, 0.6) is 0 Å². The molecule has 0 saturated heterocycles. The second-order valence-corrected chi connectivity index (χ2v) is 6.41. The zero-order chi connectivity index (χ0) is 15.9. The van der Waals surface area contributed by atoms with E-state index in [4.69, 9.17) is 0 Å². The number of carbonyl (C=O) groups excluding carboxylic acids is 1. The third kappa shape index (κ3) is 4.33. The zero-order valence-electron chi connectivity index (χ0n) is 14.3. The van der Waals surface area contributed by atoms with E-state index in [9.17, 15) is 4.79 Å². The van der Waals surface area contributed by atoms with Crippen molar-refractivity contribution in [2.75, 3.05) is 18.4 Å². The van der Waals surface area contributed by atoms with Crippen LogP contribution in [0.3, 0.4) is 0 Å². The molecule has 0 bridgehead atoms. The summed E-state index contributed by atoms with van der Waals surface area (Å²) in [5.41, 5.74) is 3.78. The first-order valence-electron chi connectivity index (χ1n) is 8.78. The number of carbonyl (C=O) groups is 1. The monoisotopic (exact) mass is 302 g/mol. The van der Waals surface area contributed by atoms with Gasteiger partial charge in [0.2, 0.25) is 5.91 Å². The summed E-state index contributed by atoms with van der Waals surface area (Å²) in [5.74, 6) is 0.0195. The molecule has 1 aliphatic rings. The normalized spacial score (nSPS) is 17.4. The minimum Gasteiger partial charge on any atom is -0.326 e. The van der Waals surface area contributed by atoms with Crippen molar-refractivity contribution in [3.63, 3.8) is 0 Å². The van der Waals surface area contributed by atoms with Gasteiger partial charge < -0.3 is 10.2 Å². The molecule has 0 saturated carbocycles. The molecule has 0 spiro atoms. The average molecular weight is 302 g/mol. The average Bonchev–Trinajstić information content (AvgIpc) is 2.50. The Kier molecular flexibility index (Phi) is 6.44. The smallest absolute Gasteiger partial charge is 0.221 e. The lowest BCUT2D eigenvalue weighted by molar-refractivity contribution is -0.114. The quantitative estimate of drug-likeness (QED) is 0.825. The van der Waals surface area contributed by atoms with Crippen molar-refractivity contribution >= 4 is 11.6 Å². The Morgan fingerprint density at radius 2 is 2.09 bits per heavy atom. The number of amides is 1. The molecule has 0 aliphatic heterocycles. The second-order valence-electron chi connectivity index (χ2n) is 6.41. The molecule has 1 N–H and O–H groups in total. The summed E-state index contributed by atoms with van der Waals surface area (Å²) in [4.78, 5) is 14.0. The molecule has 3 nitrogen and oxygen atoms in total. The lowest BCUT2D eigenvalue weighted by Crippen LogP contribution is -2.40. The Labute approximate surface area is 135 Å². The van der Waals surface area contributed by atoms with Crippen LogP contribution in [0.25, 0.3) is 0 Å². The summed E-state index contributed by atoms with van der Waals surface area (Å²) >= 11 is 0. The Balaban J connectivity index is 2.11. The summed E-state index contributed by atoms with van der Waals surface area (Å²) < 4.78 is 0. The number of hydrogen-bond acceptors (Lipinski definition) is 2. The number of nitrogens with one attached hydrogen (secondary N) is 1. The van der Waals surface area contributed by atoms with Gasteiger partial charge in [0, 0.05) is 18.7 Å². The van der Waals surface area contributed by atoms with Gasteiger partial charge in [-0.15, -0.1) is 0 Å². The number of unbranched alkanes of at least 4 members (excludes halogenated alkanes) is 1. The van der Waals surface area contributed by atoms with Crippen LogP contribution in [0.15, 0.2) is 18.2 Å². The molecule has 1 aromatic carbocycles. The van der Waals surface area contributed by atoms with Gasteiger partial charge >= 0.3 is 0 Å². The van der Waals surface area contributed by atoms with Crippen molar-refractivity contribution in [1.82, 2.24) is 4.90 Å². The molecule has 0 radical (unpaired) electrons. The number of anilines is 1. The standard InChI is InChI=1S/C19H30N2O/c1-4-6-13-21(12-5-2)17-10-11-18-16(14-17)8-7-9-19(18)20-15(3)22/h7-9,17H,4-6,10-14H2,1-3H3,(H,20,22). The Morgan fingerprint density at radius 1 is 1.27 bits per heavy atom. The largest absolute Gasteiger partial charge is 0.326 e. The van der Waals surface area contributed by atoms with E-state index in [1.807, 2.05) is 6.07 Å². The lowest BCUT2D eigenvalue weighted by Gasteiger charge is -2.35. The molecule has 122 valence electrons. The van der Waals surface area contributed by atoms with E-state index in [1.165, 1.54) is 49.9 Å². The summed E-state index contributed by atoms with van der Waals surface area (Å²) in [7, 11) is 0. The van der Waals surface area contributed by atoms with Crippen LogP contribution in [-0.4, -0.2) is 29.9 Å². The van der Waals surface area contributed by atoms with Gasteiger partial charge in [0.15, 0.2) is 0 Å². The van der Waals surface area contributed by atoms with E-state index in [1.54, 1.807) is 6.92 Å². The number of fused-ring (bicyclic) bond motifs is 1. The van der Waals surface area contributed by atoms with Crippen LogP contribution in [0, 0.1) is 0 Å². The van der Waals surface area contributed by atoms with Crippen LogP contribution in [0.2, 0.25) is 0 Å². The first kappa shape index (κ1) is 17.0. The van der Waals surface area contributed by atoms with Gasteiger partial charge in [-0.1, -0.05) is 32.4 Å². The van der Waals surface area contributed by atoms with Gasteiger partial charge in [-0.3, -0.25) is 4.79 Å². The highest BCUT2D eigenvalue weighted by Crippen LogP contribution is 2.30. The molecule has 1 unspecified atom stereocenters. The Hall–Kier alpha value is -1.35. The van der Waals surface area contributed by atoms with Crippen LogP contribution in [0.1, 0.15) is 57.6 Å². The number of nitrogens with zero attached hydrogens (tertiary/aromatic N) is 1. The predicted molar refractivity (Wildman–Crippen MR) is 93.3 cm³/mol. The van der Waals surface area contributed by atoms with E-state index in [-0.39, 0.29) is 5.91 Å². The summed E-state index contributed by atoms with van der Waals surface area (Å²) in [6.07, 6.45) is 7.16. The molecule has 0 aromatic heterocycles. The fourth-order valence-corrected chi connectivity index (χ4v) is 3.53. The second kappa shape index (κ2) is 8.33. The SMILES string of the molecule is CCCCN(CCC)C1CCc2c(cccc2NC(C)=O)C1. The van der Waals surface area contributed by atoms with Gasteiger partial charge in [0.25, 0.3) is 0 Å². The van der Waals surface area contributed by atoms with Gasteiger partial charge in [0.1, 0.15) is 0 Å². The van der Waals surface area contributed by atoms with Crippen molar-refractivity contribution in [3.05, 3.63) is 29.3 Å². The molecule has 3 heteroatoms. The van der Waals surface area contributed by atoms with Gasteiger partial charge in [-0.05, 0) is 62.4 Å². The fourth-order valence-electron chi connectivity index (χ4n) is 3.53. The molecule has 0 fully saturated rings. The van der Waals surface area contributed by atoms with E-state index >= 15 is 0 Å². The van der Waals surface area contributed by atoms with E-state index < -0.39 is 0 Å². The van der Waals surface area contributed by atoms with Gasteiger partial charge in [-0.2, -0.15) is 0 Å². The van der Waals surface area contributed by atoms with E-state index in [0.717, 1.165) is 18.5 Å². The molecule has 0 heterocycles. The van der Waals surface area contributed by atoms with Crippen LogP contribution < -0.4 is 5.32 Å². The molecular weight excluding hydrogens is 272 g/mol. The molecule has 1 aromatic rings. The molecule has 1 atom stereocenters. The van der Waals surface area contributed by atoms with Crippen LogP contribution in [0.4, 0.5) is 5.69 Å². The van der Waals surface area contributed by atoms with Gasteiger partial charge in [0.05, 0.1) is 0 Å². The third-order valence-corrected chi connectivity index (χ3v) is 4.59. The van der Waals surface area contributed by atoms with E-state index in [2.05, 4.69) is 36.2 Å². The number of hydrogen-bond donors (Lipinski definition) is 1. The summed E-state index contributed by atoms with van der Waals surface area (Å²) in [6.45, 7) is 8.53. The third-order valence-electron chi connectivity index (χ3n) is 4.59. The first-order chi connectivity index (χ1) is 10.7. The van der Waals surface area contributed by atoms with E-state index in [0.29, 0.717) is 6.04 Å². The molecule has 1 aliphatic carbocycles. The van der Waals surface area contributed by atoms with Crippen molar-refractivity contribution in [1.29, 1.82) is 0 Å². The number of rotatable bonds is 7. The van der Waals surface area contributed by atoms with Crippen molar-refractivity contribution in [3.8, 4) is 0 Å². The Morgan fingerprint density at radius 3 is 2.77 bits per heavy atom. The zero-order valence-corrected chi connectivity index (χ0v) is 14.3. The van der Waals surface area contributed by atoms with Crippen molar-refractivity contribution in [2.24, 2.45) is 0 Å². The van der Waals surface area contributed by atoms with Gasteiger partial charge in [-0.25, -0.2) is 0 Å².